The van der Waals surface area contributed by atoms with Crippen molar-refractivity contribution >= 4 is 23.5 Å². The second-order valence-electron chi connectivity index (χ2n) is 4.51. The number of urea groups is 1. The summed E-state index contributed by atoms with van der Waals surface area (Å²) in [5.41, 5.74) is 1.71. The Bertz CT molecular complexity index is 524. The lowest BCUT2D eigenvalue weighted by atomic mass is 10.2. The number of nitrogens with zero attached hydrogens (tertiary/aromatic N) is 1. The van der Waals surface area contributed by atoms with Crippen molar-refractivity contribution in [3.63, 3.8) is 0 Å². The molecule has 1 aliphatic rings. The fourth-order valence-corrected chi connectivity index (χ4v) is 1.79. The molecule has 2 N–H and O–H groups in total. The maximum atomic E-state index is 12.0. The number of rotatable bonds is 1. The van der Waals surface area contributed by atoms with E-state index in [1.165, 1.54) is 4.90 Å². The van der Waals surface area contributed by atoms with E-state index >= 15 is 0 Å². The van der Waals surface area contributed by atoms with Gasteiger partial charge < -0.3 is 10.2 Å². The van der Waals surface area contributed by atoms with Crippen LogP contribution >= 0.6 is 0 Å². The lowest BCUT2D eigenvalue weighted by Gasteiger charge is -2.31. The van der Waals surface area contributed by atoms with Crippen LogP contribution in [0.4, 0.5) is 10.5 Å². The van der Waals surface area contributed by atoms with Crippen molar-refractivity contribution < 1.29 is 14.4 Å². The van der Waals surface area contributed by atoms with Gasteiger partial charge in [0.05, 0.1) is 0 Å². The van der Waals surface area contributed by atoms with Gasteiger partial charge in [-0.25, -0.2) is 4.79 Å². The van der Waals surface area contributed by atoms with Crippen LogP contribution < -0.4 is 10.6 Å². The fraction of sp³-hybridized carbons (Fsp3) is 0.308. The number of carbonyl (C=O) groups excluding carboxylic acids is 3. The number of nitrogens with one attached hydrogen (secondary N) is 2. The number of aryl methyl sites for hydroxylation is 1. The molecule has 0 saturated carbocycles. The molecule has 1 unspecified atom stereocenters. The number of piperazine rings is 1. The smallest absolute Gasteiger partial charge is 0.308 e. The molecular formula is C13H15N3O3. The number of anilines is 1. The molecule has 0 spiro atoms. The van der Waals surface area contributed by atoms with Gasteiger partial charge in [-0.3, -0.25) is 14.9 Å². The minimum Gasteiger partial charge on any atom is -0.308 e. The Morgan fingerprint density at radius 1 is 1.32 bits per heavy atom. The van der Waals surface area contributed by atoms with Crippen molar-refractivity contribution in [2.45, 2.75) is 19.9 Å². The molecule has 6 heteroatoms. The predicted molar refractivity (Wildman–Crippen MR) is 69.5 cm³/mol. The molecule has 6 nitrogen and oxygen atoms in total. The SMILES string of the molecule is Cc1ccc(NC(=O)N2CC(=O)NC(=O)C2C)cc1. The molecule has 1 atom stereocenters. The quantitative estimate of drug-likeness (QED) is 0.736. The number of imide groups is 1. The van der Waals surface area contributed by atoms with E-state index in [1.807, 2.05) is 19.1 Å². The lowest BCUT2D eigenvalue weighted by Crippen LogP contribution is -2.59. The molecule has 4 amide bonds. The minimum atomic E-state index is -0.664. The third kappa shape index (κ3) is 2.90. The first-order valence-electron chi connectivity index (χ1n) is 5.95. The normalized spacial score (nSPS) is 19.1. The summed E-state index contributed by atoms with van der Waals surface area (Å²) in [6.45, 7) is 3.41. The van der Waals surface area contributed by atoms with Gasteiger partial charge in [0, 0.05) is 5.69 Å². The average molecular weight is 261 g/mol. The Hall–Kier alpha value is -2.37. The maximum absolute atomic E-state index is 12.0. The average Bonchev–Trinajstić information content (AvgIpc) is 2.36. The van der Waals surface area contributed by atoms with E-state index in [4.69, 9.17) is 0 Å². The van der Waals surface area contributed by atoms with E-state index in [0.717, 1.165) is 5.56 Å². The summed E-state index contributed by atoms with van der Waals surface area (Å²) in [5, 5.41) is 4.85. The maximum Gasteiger partial charge on any atom is 0.322 e. The molecule has 1 aromatic rings. The van der Waals surface area contributed by atoms with Crippen molar-refractivity contribution in [3.05, 3.63) is 29.8 Å². The first kappa shape index (κ1) is 13.1. The molecule has 0 radical (unpaired) electrons. The Labute approximate surface area is 110 Å². The number of hydrogen-bond donors (Lipinski definition) is 2. The summed E-state index contributed by atoms with van der Waals surface area (Å²) in [5.74, 6) is -0.933. The van der Waals surface area contributed by atoms with Crippen LogP contribution in [0.5, 0.6) is 0 Å². The third-order valence-corrected chi connectivity index (χ3v) is 2.99. The standard InChI is InChI=1S/C13H15N3O3/c1-8-3-5-10(6-4-8)14-13(19)16-7-11(17)15-12(18)9(16)2/h3-6,9H,7H2,1-2H3,(H,14,19)(H,15,17,18). The van der Waals surface area contributed by atoms with Crippen molar-refractivity contribution in [3.8, 4) is 0 Å². The molecular weight excluding hydrogens is 246 g/mol. The summed E-state index contributed by atoms with van der Waals surface area (Å²) in [6.07, 6.45) is 0. The van der Waals surface area contributed by atoms with Crippen LogP contribution in [0.3, 0.4) is 0 Å². The van der Waals surface area contributed by atoms with E-state index in [1.54, 1.807) is 19.1 Å². The summed E-state index contributed by atoms with van der Waals surface area (Å²) in [7, 11) is 0. The van der Waals surface area contributed by atoms with Gasteiger partial charge in [-0.15, -0.1) is 0 Å². The van der Waals surface area contributed by atoms with Gasteiger partial charge in [-0.2, -0.15) is 0 Å². The number of benzene rings is 1. The van der Waals surface area contributed by atoms with E-state index < -0.39 is 23.9 Å². The molecule has 1 aliphatic heterocycles. The largest absolute Gasteiger partial charge is 0.322 e. The monoisotopic (exact) mass is 261 g/mol. The van der Waals surface area contributed by atoms with Crippen LogP contribution in [0.25, 0.3) is 0 Å². The molecule has 19 heavy (non-hydrogen) atoms. The van der Waals surface area contributed by atoms with E-state index in [0.29, 0.717) is 5.69 Å². The topological polar surface area (TPSA) is 78.5 Å². The zero-order valence-electron chi connectivity index (χ0n) is 10.8. The molecule has 1 saturated heterocycles. The second kappa shape index (κ2) is 5.09. The van der Waals surface area contributed by atoms with Crippen LogP contribution in [0, 0.1) is 6.92 Å². The Morgan fingerprint density at radius 3 is 2.58 bits per heavy atom. The van der Waals surface area contributed by atoms with E-state index in [2.05, 4.69) is 10.6 Å². The van der Waals surface area contributed by atoms with Crippen molar-refractivity contribution in [1.29, 1.82) is 0 Å². The summed E-state index contributed by atoms with van der Waals surface area (Å²) >= 11 is 0. The van der Waals surface area contributed by atoms with Crippen LogP contribution in [0.15, 0.2) is 24.3 Å². The molecule has 1 fully saturated rings. The Morgan fingerprint density at radius 2 is 1.95 bits per heavy atom. The van der Waals surface area contributed by atoms with Crippen molar-refractivity contribution in [2.75, 3.05) is 11.9 Å². The van der Waals surface area contributed by atoms with Gasteiger partial charge >= 0.3 is 6.03 Å². The highest BCUT2D eigenvalue weighted by Gasteiger charge is 2.33. The number of hydrogen-bond acceptors (Lipinski definition) is 3. The van der Waals surface area contributed by atoms with Crippen LogP contribution in [0.2, 0.25) is 0 Å². The fourth-order valence-electron chi connectivity index (χ4n) is 1.79. The molecule has 1 heterocycles. The van der Waals surface area contributed by atoms with Gasteiger partial charge in [0.2, 0.25) is 11.8 Å². The lowest BCUT2D eigenvalue weighted by molar-refractivity contribution is -0.137. The summed E-state index contributed by atoms with van der Waals surface area (Å²) < 4.78 is 0. The van der Waals surface area contributed by atoms with Gasteiger partial charge in [0.25, 0.3) is 0 Å². The second-order valence-corrected chi connectivity index (χ2v) is 4.51. The van der Waals surface area contributed by atoms with Gasteiger partial charge in [-0.05, 0) is 26.0 Å². The zero-order valence-corrected chi connectivity index (χ0v) is 10.8. The van der Waals surface area contributed by atoms with E-state index in [9.17, 15) is 14.4 Å². The van der Waals surface area contributed by atoms with Crippen molar-refractivity contribution in [1.82, 2.24) is 10.2 Å². The number of carbonyl (C=O) groups is 3. The summed E-state index contributed by atoms with van der Waals surface area (Å²) in [6, 6.07) is 6.15. The molecule has 0 aliphatic carbocycles. The van der Waals surface area contributed by atoms with Crippen LogP contribution in [-0.4, -0.2) is 35.3 Å². The predicted octanol–water partition coefficient (Wildman–Crippen LogP) is 0.874. The number of amides is 4. The highest BCUT2D eigenvalue weighted by atomic mass is 16.2. The molecule has 1 aromatic carbocycles. The third-order valence-electron chi connectivity index (χ3n) is 2.99. The van der Waals surface area contributed by atoms with Gasteiger partial charge in [-0.1, -0.05) is 17.7 Å². The first-order chi connectivity index (χ1) is 8.97. The highest BCUT2D eigenvalue weighted by molar-refractivity contribution is 6.05. The van der Waals surface area contributed by atoms with Gasteiger partial charge in [0.15, 0.2) is 0 Å². The first-order valence-corrected chi connectivity index (χ1v) is 5.95. The molecule has 0 bridgehead atoms. The Balaban J connectivity index is 2.08. The molecule has 2 rings (SSSR count). The molecule has 100 valence electrons. The zero-order chi connectivity index (χ0) is 14.0. The molecule has 0 aromatic heterocycles. The van der Waals surface area contributed by atoms with Crippen molar-refractivity contribution in [2.24, 2.45) is 0 Å². The van der Waals surface area contributed by atoms with E-state index in [-0.39, 0.29) is 6.54 Å². The van der Waals surface area contributed by atoms with Crippen LogP contribution in [-0.2, 0) is 9.59 Å². The summed E-state index contributed by atoms with van der Waals surface area (Å²) in [4.78, 5) is 36.0. The highest BCUT2D eigenvalue weighted by Crippen LogP contribution is 2.12. The van der Waals surface area contributed by atoms with Crippen LogP contribution in [0.1, 0.15) is 12.5 Å². The Kier molecular flexibility index (Phi) is 3.50. The van der Waals surface area contributed by atoms with Gasteiger partial charge in [0.1, 0.15) is 12.6 Å². The minimum absolute atomic E-state index is 0.120.